The summed E-state index contributed by atoms with van der Waals surface area (Å²) in [5.74, 6) is -0.106. The first-order valence-electron chi connectivity index (χ1n) is 9.37. The molecule has 3 heterocycles. The summed E-state index contributed by atoms with van der Waals surface area (Å²) in [6.07, 6.45) is -0.131. The van der Waals surface area contributed by atoms with Crippen molar-refractivity contribution in [3.8, 4) is 5.75 Å². The second-order valence-corrected chi connectivity index (χ2v) is 7.28. The van der Waals surface area contributed by atoms with Crippen molar-refractivity contribution in [1.82, 2.24) is 25.1 Å². The van der Waals surface area contributed by atoms with Crippen LogP contribution in [0.3, 0.4) is 0 Å². The number of nitrogens with zero attached hydrogens (tertiary/aromatic N) is 4. The van der Waals surface area contributed by atoms with Gasteiger partial charge in [0.05, 0.1) is 40.9 Å². The summed E-state index contributed by atoms with van der Waals surface area (Å²) in [4.78, 5) is 19.9. The van der Waals surface area contributed by atoms with Gasteiger partial charge < -0.3 is 20.5 Å². The molecule has 1 fully saturated rings. The molecule has 1 aliphatic heterocycles. The van der Waals surface area contributed by atoms with E-state index in [1.165, 1.54) is 12.4 Å². The normalized spacial score (nSPS) is 17.1. The first kappa shape index (κ1) is 20.1. The molecule has 0 radical (unpaired) electrons. The molecule has 9 nitrogen and oxygen atoms in total. The van der Waals surface area contributed by atoms with Gasteiger partial charge in [-0.25, -0.2) is 23.8 Å². The van der Waals surface area contributed by atoms with Crippen molar-refractivity contribution >= 4 is 34.5 Å². The average molecular weight is 435 g/mol. The minimum Gasteiger partial charge on any atom is -0.493 e. The van der Waals surface area contributed by atoms with Gasteiger partial charge in [0.15, 0.2) is 17.6 Å². The number of nitrogens with two attached hydrogens (primary N) is 1. The molecule has 0 aliphatic carbocycles. The number of carbonyl (C=O) groups is 1. The molecule has 158 valence electrons. The summed E-state index contributed by atoms with van der Waals surface area (Å²) < 4.78 is 27.7. The van der Waals surface area contributed by atoms with Crippen molar-refractivity contribution in [1.29, 1.82) is 0 Å². The smallest absolute Gasteiger partial charge is 0.407 e. The number of amides is 1. The van der Waals surface area contributed by atoms with Crippen molar-refractivity contribution in [3.05, 3.63) is 40.1 Å². The largest absolute Gasteiger partial charge is 0.493 e. The van der Waals surface area contributed by atoms with Gasteiger partial charge in [0, 0.05) is 5.56 Å². The number of halogens is 2. The zero-order chi connectivity index (χ0) is 21.6. The van der Waals surface area contributed by atoms with E-state index in [1.54, 1.807) is 18.5 Å². The van der Waals surface area contributed by atoms with Gasteiger partial charge in [-0.2, -0.15) is 5.10 Å². The van der Waals surface area contributed by atoms with Gasteiger partial charge in [0.25, 0.3) is 0 Å². The highest BCUT2D eigenvalue weighted by Gasteiger charge is 2.34. The SMILES string of the molecule is CCOc1c(C(C)n2nc(C)c3c(N)ncnc32)cc(Cl)c(F)c1C1CNC(=O)O1. The number of cyclic esters (lactones) is 1. The Kier molecular flexibility index (Phi) is 5.10. The Bertz CT molecular complexity index is 1150. The van der Waals surface area contributed by atoms with Gasteiger partial charge >= 0.3 is 6.09 Å². The monoisotopic (exact) mass is 434 g/mol. The van der Waals surface area contributed by atoms with Crippen LogP contribution in [0.5, 0.6) is 5.75 Å². The fourth-order valence-corrected chi connectivity index (χ4v) is 3.89. The zero-order valence-corrected chi connectivity index (χ0v) is 17.3. The number of benzene rings is 1. The molecular formula is C19H20ClFN6O3. The van der Waals surface area contributed by atoms with Gasteiger partial charge in [0.1, 0.15) is 17.9 Å². The predicted molar refractivity (Wildman–Crippen MR) is 108 cm³/mol. The minimum absolute atomic E-state index is 0.0897. The van der Waals surface area contributed by atoms with Crippen LogP contribution in [-0.2, 0) is 4.74 Å². The van der Waals surface area contributed by atoms with Crippen molar-refractivity contribution in [2.24, 2.45) is 0 Å². The van der Waals surface area contributed by atoms with Crippen molar-refractivity contribution in [2.75, 3.05) is 18.9 Å². The number of alkyl carbamates (subject to hydrolysis) is 1. The van der Waals surface area contributed by atoms with Gasteiger partial charge in [-0.15, -0.1) is 0 Å². The summed E-state index contributed by atoms with van der Waals surface area (Å²) in [5, 5.41) is 7.62. The van der Waals surface area contributed by atoms with Crippen molar-refractivity contribution in [2.45, 2.75) is 32.9 Å². The van der Waals surface area contributed by atoms with E-state index in [4.69, 9.17) is 26.8 Å². The molecule has 1 aromatic carbocycles. The van der Waals surface area contributed by atoms with Crippen molar-refractivity contribution in [3.63, 3.8) is 0 Å². The number of anilines is 1. The van der Waals surface area contributed by atoms with Gasteiger partial charge in [-0.05, 0) is 26.8 Å². The summed E-state index contributed by atoms with van der Waals surface area (Å²) in [7, 11) is 0. The molecule has 3 N–H and O–H groups in total. The van der Waals surface area contributed by atoms with Crippen LogP contribution in [0.15, 0.2) is 12.4 Å². The molecule has 11 heteroatoms. The van der Waals surface area contributed by atoms with Crippen LogP contribution in [0.1, 0.15) is 42.8 Å². The van der Waals surface area contributed by atoms with Crippen LogP contribution in [0.25, 0.3) is 11.0 Å². The van der Waals surface area contributed by atoms with Crippen LogP contribution < -0.4 is 15.8 Å². The summed E-state index contributed by atoms with van der Waals surface area (Å²) in [6.45, 7) is 5.83. The summed E-state index contributed by atoms with van der Waals surface area (Å²) >= 11 is 6.22. The number of aromatic nitrogens is 4. The molecule has 1 aliphatic rings. The van der Waals surface area contributed by atoms with Gasteiger partial charge in [-0.3, -0.25) is 0 Å². The Hall–Kier alpha value is -3.14. The maximum atomic E-state index is 15.0. The Morgan fingerprint density at radius 1 is 1.50 bits per heavy atom. The molecule has 30 heavy (non-hydrogen) atoms. The summed E-state index contributed by atoms with van der Waals surface area (Å²) in [5.41, 5.74) is 7.85. The van der Waals surface area contributed by atoms with Crippen LogP contribution in [0.2, 0.25) is 5.02 Å². The average Bonchev–Trinajstić information content (AvgIpc) is 3.28. The third-order valence-corrected chi connectivity index (χ3v) is 5.31. The van der Waals surface area contributed by atoms with Gasteiger partial charge in [0.2, 0.25) is 0 Å². The molecule has 2 unspecified atom stereocenters. The van der Waals surface area contributed by atoms with E-state index in [-0.39, 0.29) is 29.5 Å². The van der Waals surface area contributed by atoms with Crippen LogP contribution in [-0.4, -0.2) is 39.0 Å². The standard InChI is InChI=1S/C19H20ClFN6O3/c1-4-29-16-10(5-11(20)15(21)14(16)12-6-23-19(28)30-12)9(3)27-18-13(8(2)26-27)17(22)24-7-25-18/h5,7,9,12H,4,6H2,1-3H3,(H,23,28)(H2,22,24,25). The Morgan fingerprint density at radius 2 is 2.27 bits per heavy atom. The maximum Gasteiger partial charge on any atom is 0.407 e. The maximum absolute atomic E-state index is 15.0. The molecule has 4 rings (SSSR count). The molecule has 0 saturated carbocycles. The quantitative estimate of drug-likeness (QED) is 0.632. The molecule has 2 atom stereocenters. The van der Waals surface area contributed by atoms with E-state index >= 15 is 4.39 Å². The van der Waals surface area contributed by atoms with E-state index in [0.717, 1.165) is 0 Å². The van der Waals surface area contributed by atoms with Crippen LogP contribution >= 0.6 is 11.6 Å². The number of hydrogen-bond acceptors (Lipinski definition) is 7. The minimum atomic E-state index is -0.863. The third kappa shape index (κ3) is 3.17. The number of hydrogen-bond donors (Lipinski definition) is 2. The van der Waals surface area contributed by atoms with Gasteiger partial charge in [-0.1, -0.05) is 11.6 Å². The second-order valence-electron chi connectivity index (χ2n) is 6.88. The molecule has 1 amide bonds. The predicted octanol–water partition coefficient (Wildman–Crippen LogP) is 3.30. The highest BCUT2D eigenvalue weighted by atomic mass is 35.5. The number of ether oxygens (including phenoxy) is 2. The lowest BCUT2D eigenvalue weighted by atomic mass is 9.99. The van der Waals surface area contributed by atoms with E-state index in [0.29, 0.717) is 28.1 Å². The number of rotatable bonds is 5. The number of nitrogen functional groups attached to an aromatic ring is 1. The molecule has 0 bridgehead atoms. The number of carbonyl (C=O) groups excluding carboxylic acids is 1. The molecule has 0 spiro atoms. The zero-order valence-electron chi connectivity index (χ0n) is 16.6. The fourth-order valence-electron chi connectivity index (χ4n) is 3.67. The topological polar surface area (TPSA) is 117 Å². The van der Waals surface area contributed by atoms with E-state index in [9.17, 15) is 4.79 Å². The summed E-state index contributed by atoms with van der Waals surface area (Å²) in [6, 6.07) is 1.05. The third-order valence-electron chi connectivity index (χ3n) is 5.04. The lowest BCUT2D eigenvalue weighted by molar-refractivity contribution is 0.137. The Balaban J connectivity index is 1.91. The number of aryl methyl sites for hydroxylation is 1. The second kappa shape index (κ2) is 7.60. The highest BCUT2D eigenvalue weighted by molar-refractivity contribution is 6.31. The number of nitrogens with one attached hydrogen (secondary N) is 1. The molecule has 1 saturated heterocycles. The van der Waals surface area contributed by atoms with E-state index in [2.05, 4.69) is 20.4 Å². The van der Waals surface area contributed by atoms with E-state index in [1.807, 2.05) is 6.92 Å². The fraction of sp³-hybridized carbons (Fsp3) is 0.368. The van der Waals surface area contributed by atoms with Crippen LogP contribution in [0, 0.1) is 12.7 Å². The Labute approximate surface area is 176 Å². The molecule has 2 aromatic heterocycles. The Morgan fingerprint density at radius 3 is 2.93 bits per heavy atom. The van der Waals surface area contributed by atoms with Crippen molar-refractivity contribution < 1.29 is 18.7 Å². The molecule has 3 aromatic rings. The number of fused-ring (bicyclic) bond motifs is 1. The lowest BCUT2D eigenvalue weighted by Crippen LogP contribution is -2.16. The first-order chi connectivity index (χ1) is 14.3. The first-order valence-corrected chi connectivity index (χ1v) is 9.75. The molecular weight excluding hydrogens is 415 g/mol. The van der Waals surface area contributed by atoms with E-state index < -0.39 is 24.1 Å². The van der Waals surface area contributed by atoms with Crippen LogP contribution in [0.4, 0.5) is 15.0 Å². The lowest BCUT2D eigenvalue weighted by Gasteiger charge is -2.23. The highest BCUT2D eigenvalue weighted by Crippen LogP contribution is 2.42.